The Morgan fingerprint density at radius 1 is 1.46 bits per heavy atom. The number of hydrogen-bond acceptors (Lipinski definition) is 4. The Bertz CT molecular complexity index is 256. The van der Waals surface area contributed by atoms with Gasteiger partial charge in [0.2, 0.25) is 10.0 Å². The van der Waals surface area contributed by atoms with Gasteiger partial charge in [-0.1, -0.05) is 0 Å². The third-order valence-corrected chi connectivity index (χ3v) is 2.76. The van der Waals surface area contributed by atoms with Crippen LogP contribution in [0, 0.1) is 0 Å². The molecule has 0 radical (unpaired) electrons. The van der Waals surface area contributed by atoms with Gasteiger partial charge >= 0.3 is 0 Å². The lowest BCUT2D eigenvalue weighted by Crippen LogP contribution is -2.46. The quantitative estimate of drug-likeness (QED) is 0.630. The minimum atomic E-state index is -3.21. The zero-order chi connectivity index (χ0) is 9.95. The van der Waals surface area contributed by atoms with Gasteiger partial charge in [0.25, 0.3) is 0 Å². The Morgan fingerprint density at radius 2 is 2.00 bits per heavy atom. The van der Waals surface area contributed by atoms with Crippen LogP contribution in [0.1, 0.15) is 12.8 Å². The van der Waals surface area contributed by atoms with Gasteiger partial charge in [0, 0.05) is 32.6 Å². The molecule has 0 aromatic carbocycles. The van der Waals surface area contributed by atoms with E-state index in [2.05, 4.69) is 4.72 Å². The maximum atomic E-state index is 10.8. The highest BCUT2D eigenvalue weighted by Gasteiger charge is 2.30. The third kappa shape index (κ3) is 4.04. The summed E-state index contributed by atoms with van der Waals surface area (Å²) in [5, 5.41) is 9.83. The van der Waals surface area contributed by atoms with Crippen LogP contribution >= 0.6 is 0 Å². The standard InChI is InChI=1S/C7H15NO4S/c1-13(10,11)8-6-7(9)2-4-12-5-3-7/h8-9H,2-6H2,1H3. The molecule has 0 unspecified atom stereocenters. The van der Waals surface area contributed by atoms with Crippen molar-refractivity contribution in [2.45, 2.75) is 18.4 Å². The van der Waals surface area contributed by atoms with Crippen LogP contribution in [0.5, 0.6) is 0 Å². The molecular weight excluding hydrogens is 194 g/mol. The monoisotopic (exact) mass is 209 g/mol. The van der Waals surface area contributed by atoms with Crippen LogP contribution in [0.3, 0.4) is 0 Å². The normalized spacial score (nSPS) is 22.9. The van der Waals surface area contributed by atoms with Gasteiger partial charge in [0.15, 0.2) is 0 Å². The SMILES string of the molecule is CS(=O)(=O)NCC1(O)CCOCC1. The van der Waals surface area contributed by atoms with E-state index in [1.807, 2.05) is 0 Å². The summed E-state index contributed by atoms with van der Waals surface area (Å²) in [5.74, 6) is 0. The first-order chi connectivity index (χ1) is 5.91. The van der Waals surface area contributed by atoms with Crippen molar-refractivity contribution >= 4 is 10.0 Å². The summed E-state index contributed by atoms with van der Waals surface area (Å²) in [4.78, 5) is 0. The average molecular weight is 209 g/mol. The number of nitrogens with one attached hydrogen (secondary N) is 1. The largest absolute Gasteiger partial charge is 0.388 e. The summed E-state index contributed by atoms with van der Waals surface area (Å²) < 4.78 is 28.9. The van der Waals surface area contributed by atoms with E-state index < -0.39 is 15.6 Å². The van der Waals surface area contributed by atoms with Crippen LogP contribution in [0.2, 0.25) is 0 Å². The molecule has 13 heavy (non-hydrogen) atoms. The van der Waals surface area contributed by atoms with Crippen molar-refractivity contribution in [3.05, 3.63) is 0 Å². The van der Waals surface area contributed by atoms with Crippen molar-refractivity contribution < 1.29 is 18.3 Å². The highest BCUT2D eigenvalue weighted by atomic mass is 32.2. The second-order valence-electron chi connectivity index (χ2n) is 3.43. The van der Waals surface area contributed by atoms with E-state index >= 15 is 0 Å². The van der Waals surface area contributed by atoms with E-state index in [0.29, 0.717) is 26.1 Å². The molecule has 6 heteroatoms. The fraction of sp³-hybridized carbons (Fsp3) is 1.00. The number of aliphatic hydroxyl groups is 1. The zero-order valence-corrected chi connectivity index (χ0v) is 8.43. The topological polar surface area (TPSA) is 75.6 Å². The van der Waals surface area contributed by atoms with Crippen LogP contribution in [0.4, 0.5) is 0 Å². The Kier molecular flexibility index (Phi) is 3.28. The lowest BCUT2D eigenvalue weighted by Gasteiger charge is -2.31. The van der Waals surface area contributed by atoms with Crippen LogP contribution in [-0.4, -0.2) is 45.1 Å². The highest BCUT2D eigenvalue weighted by Crippen LogP contribution is 2.19. The van der Waals surface area contributed by atoms with Gasteiger partial charge in [-0.2, -0.15) is 0 Å². The summed E-state index contributed by atoms with van der Waals surface area (Å²) in [6, 6.07) is 0. The van der Waals surface area contributed by atoms with Crippen molar-refractivity contribution in [3.8, 4) is 0 Å². The van der Waals surface area contributed by atoms with E-state index in [9.17, 15) is 13.5 Å². The molecule has 1 fully saturated rings. The minimum absolute atomic E-state index is 0.0786. The number of rotatable bonds is 3. The van der Waals surface area contributed by atoms with Crippen molar-refractivity contribution in [2.24, 2.45) is 0 Å². The van der Waals surface area contributed by atoms with Gasteiger partial charge in [-0.25, -0.2) is 13.1 Å². The van der Waals surface area contributed by atoms with Gasteiger partial charge in [0.1, 0.15) is 0 Å². The molecule has 1 rings (SSSR count). The Hall–Kier alpha value is -0.170. The number of sulfonamides is 1. The summed E-state index contributed by atoms with van der Waals surface area (Å²) in [6.45, 7) is 1.05. The molecule has 1 saturated heterocycles. The summed E-state index contributed by atoms with van der Waals surface area (Å²) in [6.07, 6.45) is 2.04. The Labute approximate surface area is 78.1 Å². The van der Waals surface area contributed by atoms with Crippen molar-refractivity contribution in [2.75, 3.05) is 26.0 Å². The maximum absolute atomic E-state index is 10.8. The number of hydrogen-bond donors (Lipinski definition) is 2. The molecule has 1 aliphatic heterocycles. The minimum Gasteiger partial charge on any atom is -0.388 e. The van der Waals surface area contributed by atoms with Crippen molar-refractivity contribution in [1.29, 1.82) is 0 Å². The van der Waals surface area contributed by atoms with Crippen LogP contribution in [0.25, 0.3) is 0 Å². The van der Waals surface area contributed by atoms with Crippen LogP contribution in [0.15, 0.2) is 0 Å². The smallest absolute Gasteiger partial charge is 0.208 e. The van der Waals surface area contributed by atoms with E-state index in [4.69, 9.17) is 4.74 Å². The second-order valence-corrected chi connectivity index (χ2v) is 5.26. The molecule has 0 spiro atoms. The van der Waals surface area contributed by atoms with Crippen LogP contribution < -0.4 is 4.72 Å². The Morgan fingerprint density at radius 3 is 2.46 bits per heavy atom. The van der Waals surface area contributed by atoms with Gasteiger partial charge in [0.05, 0.1) is 11.9 Å². The third-order valence-electron chi connectivity index (χ3n) is 2.09. The van der Waals surface area contributed by atoms with Gasteiger partial charge in [-0.15, -0.1) is 0 Å². The first-order valence-corrected chi connectivity index (χ1v) is 6.05. The first kappa shape index (κ1) is 10.9. The summed E-state index contributed by atoms with van der Waals surface area (Å²) >= 11 is 0. The highest BCUT2D eigenvalue weighted by molar-refractivity contribution is 7.88. The molecule has 0 aromatic rings. The van der Waals surface area contributed by atoms with Gasteiger partial charge in [-0.3, -0.25) is 0 Å². The van der Waals surface area contributed by atoms with E-state index in [0.717, 1.165) is 6.26 Å². The molecule has 0 atom stereocenters. The molecule has 1 aliphatic rings. The zero-order valence-electron chi connectivity index (χ0n) is 7.62. The van der Waals surface area contributed by atoms with Crippen molar-refractivity contribution in [3.63, 3.8) is 0 Å². The Balaban J connectivity index is 2.42. The fourth-order valence-corrected chi connectivity index (χ4v) is 1.72. The van der Waals surface area contributed by atoms with Gasteiger partial charge < -0.3 is 9.84 Å². The predicted molar refractivity (Wildman–Crippen MR) is 47.8 cm³/mol. The molecular formula is C7H15NO4S. The predicted octanol–water partition coefficient (Wildman–Crippen LogP) is -0.923. The molecule has 0 bridgehead atoms. The van der Waals surface area contributed by atoms with Crippen LogP contribution in [-0.2, 0) is 14.8 Å². The lowest BCUT2D eigenvalue weighted by atomic mass is 9.95. The molecule has 0 amide bonds. The van der Waals surface area contributed by atoms with Gasteiger partial charge in [-0.05, 0) is 0 Å². The first-order valence-electron chi connectivity index (χ1n) is 4.16. The molecule has 2 N–H and O–H groups in total. The molecule has 5 nitrogen and oxygen atoms in total. The number of ether oxygens (including phenoxy) is 1. The van der Waals surface area contributed by atoms with E-state index in [-0.39, 0.29) is 6.54 Å². The molecule has 1 heterocycles. The second kappa shape index (κ2) is 3.91. The average Bonchev–Trinajstić information content (AvgIpc) is 2.02. The summed E-state index contributed by atoms with van der Waals surface area (Å²) in [5.41, 5.74) is -0.929. The molecule has 0 aliphatic carbocycles. The van der Waals surface area contributed by atoms with Crippen molar-refractivity contribution in [1.82, 2.24) is 4.72 Å². The fourth-order valence-electron chi connectivity index (χ4n) is 1.19. The molecule has 0 saturated carbocycles. The summed E-state index contributed by atoms with van der Waals surface area (Å²) in [7, 11) is -3.21. The van der Waals surface area contributed by atoms with E-state index in [1.165, 1.54) is 0 Å². The lowest BCUT2D eigenvalue weighted by molar-refractivity contribution is -0.0588. The molecule has 0 aromatic heterocycles. The maximum Gasteiger partial charge on any atom is 0.208 e. The molecule has 78 valence electrons. The van der Waals surface area contributed by atoms with E-state index in [1.54, 1.807) is 0 Å².